The highest BCUT2D eigenvalue weighted by Crippen LogP contribution is 2.36. The molecule has 0 radical (unpaired) electrons. The Morgan fingerprint density at radius 2 is 2.00 bits per heavy atom. The van der Waals surface area contributed by atoms with E-state index in [4.69, 9.17) is 10.4 Å². The fourth-order valence-corrected chi connectivity index (χ4v) is 3.29. The largest absolute Gasteiger partial charge is 0.481 e. The first-order valence-corrected chi connectivity index (χ1v) is 9.34. The zero-order chi connectivity index (χ0) is 19.5. The van der Waals surface area contributed by atoms with Crippen LogP contribution in [0.4, 0.5) is 0 Å². The molecule has 0 aromatic carbocycles. The van der Waals surface area contributed by atoms with Crippen LogP contribution in [-0.4, -0.2) is 44.7 Å². The number of aliphatic carboxylic acids is 1. The molecule has 0 spiro atoms. The van der Waals surface area contributed by atoms with Crippen LogP contribution in [0.25, 0.3) is 0 Å². The maximum Gasteiger partial charge on any atom is 0.303 e. The van der Waals surface area contributed by atoms with Crippen LogP contribution < -0.4 is 0 Å². The Kier molecular flexibility index (Phi) is 10.2. The molecule has 1 rings (SSSR count). The second kappa shape index (κ2) is 11.8. The molecule has 1 aliphatic rings. The number of aliphatic hydroxyl groups excluding tert-OH is 3. The molecular formula is C20H31NO5. The van der Waals surface area contributed by atoms with Gasteiger partial charge in [0.2, 0.25) is 0 Å². The normalized spacial score (nSPS) is 28.4. The molecular weight excluding hydrogens is 334 g/mol. The van der Waals surface area contributed by atoms with Gasteiger partial charge in [0.05, 0.1) is 24.4 Å². The number of allylic oxidation sites excluding steroid dienone is 2. The molecule has 1 saturated carbocycles. The minimum absolute atomic E-state index is 0.101. The maximum absolute atomic E-state index is 10.5. The quantitative estimate of drug-likeness (QED) is 0.329. The SMILES string of the molecule is CC(C#N)CCC(O)/C=C/[C@H]1C(O)CC(O)[C@@H]1C/C=C/CCCC(=O)O. The van der Waals surface area contributed by atoms with Gasteiger partial charge in [-0.1, -0.05) is 24.3 Å². The van der Waals surface area contributed by atoms with Gasteiger partial charge in [-0.2, -0.15) is 5.26 Å². The third-order valence-electron chi connectivity index (χ3n) is 4.92. The lowest BCUT2D eigenvalue weighted by Gasteiger charge is -2.19. The number of rotatable bonds is 11. The number of carbonyl (C=O) groups is 1. The summed E-state index contributed by atoms with van der Waals surface area (Å²) >= 11 is 0. The van der Waals surface area contributed by atoms with Crippen molar-refractivity contribution in [1.82, 2.24) is 0 Å². The molecule has 4 unspecified atom stereocenters. The van der Waals surface area contributed by atoms with Gasteiger partial charge in [0.1, 0.15) is 0 Å². The molecule has 0 heterocycles. The highest BCUT2D eigenvalue weighted by atomic mass is 16.4. The van der Waals surface area contributed by atoms with Gasteiger partial charge in [-0.3, -0.25) is 4.79 Å². The van der Waals surface area contributed by atoms with E-state index in [2.05, 4.69) is 6.07 Å². The Bertz CT molecular complexity index is 525. The topological polar surface area (TPSA) is 122 Å². The summed E-state index contributed by atoms with van der Waals surface area (Å²) in [5, 5.41) is 47.7. The number of nitrogens with zero attached hydrogens (tertiary/aromatic N) is 1. The second-order valence-corrected chi connectivity index (χ2v) is 7.16. The Hall–Kier alpha value is -1.68. The predicted molar refractivity (Wildman–Crippen MR) is 98.0 cm³/mol. The molecule has 0 aromatic rings. The molecule has 1 aliphatic carbocycles. The molecule has 26 heavy (non-hydrogen) atoms. The van der Waals surface area contributed by atoms with Gasteiger partial charge in [0, 0.05) is 24.7 Å². The maximum atomic E-state index is 10.5. The van der Waals surface area contributed by atoms with Crippen molar-refractivity contribution in [2.45, 2.75) is 70.2 Å². The lowest BCUT2D eigenvalue weighted by atomic mass is 9.89. The van der Waals surface area contributed by atoms with Crippen LogP contribution >= 0.6 is 0 Å². The average molecular weight is 365 g/mol. The molecule has 1 fully saturated rings. The second-order valence-electron chi connectivity index (χ2n) is 7.16. The molecule has 6 atom stereocenters. The Labute approximate surface area is 155 Å². The summed E-state index contributed by atoms with van der Waals surface area (Å²) in [6, 6.07) is 2.13. The van der Waals surface area contributed by atoms with Crippen LogP contribution in [0.2, 0.25) is 0 Å². The Morgan fingerprint density at radius 3 is 2.65 bits per heavy atom. The average Bonchev–Trinajstić information content (AvgIpc) is 2.86. The lowest BCUT2D eigenvalue weighted by Crippen LogP contribution is -2.20. The predicted octanol–water partition coefficient (Wildman–Crippen LogP) is 2.40. The first-order valence-electron chi connectivity index (χ1n) is 9.34. The van der Waals surface area contributed by atoms with E-state index in [0.29, 0.717) is 38.5 Å². The Balaban J connectivity index is 2.50. The number of aliphatic hydroxyl groups is 3. The third kappa shape index (κ3) is 8.13. The monoisotopic (exact) mass is 365 g/mol. The van der Waals surface area contributed by atoms with E-state index < -0.39 is 24.3 Å². The molecule has 0 aromatic heterocycles. The van der Waals surface area contributed by atoms with Crippen molar-refractivity contribution in [1.29, 1.82) is 5.26 Å². The van der Waals surface area contributed by atoms with Crippen molar-refractivity contribution in [3.05, 3.63) is 24.3 Å². The van der Waals surface area contributed by atoms with Crippen LogP contribution in [0.1, 0.15) is 51.9 Å². The van der Waals surface area contributed by atoms with Gasteiger partial charge < -0.3 is 20.4 Å². The van der Waals surface area contributed by atoms with E-state index >= 15 is 0 Å². The summed E-state index contributed by atoms with van der Waals surface area (Å²) in [4.78, 5) is 10.5. The van der Waals surface area contributed by atoms with E-state index in [1.54, 1.807) is 12.2 Å². The fraction of sp³-hybridized carbons (Fsp3) is 0.700. The highest BCUT2D eigenvalue weighted by molar-refractivity contribution is 5.66. The standard InChI is InChI=1S/C20H31NO5/c1-14(13-21)8-9-15(22)10-11-17-16(18(23)12-19(17)24)6-4-2-3-5-7-20(25)26/h2,4,10-11,14-19,22-24H,3,5-9,12H2,1H3,(H,25,26)/b4-2+,11-10+/t14?,15?,16-,17-,18?,19?/m1/s1. The highest BCUT2D eigenvalue weighted by Gasteiger charge is 2.39. The van der Waals surface area contributed by atoms with Crippen molar-refractivity contribution in [2.75, 3.05) is 0 Å². The first kappa shape index (κ1) is 22.4. The number of carboxylic acids is 1. The van der Waals surface area contributed by atoms with Gasteiger partial charge in [0.15, 0.2) is 0 Å². The molecule has 0 amide bonds. The van der Waals surface area contributed by atoms with Crippen LogP contribution in [0.3, 0.4) is 0 Å². The molecule has 6 nitrogen and oxygen atoms in total. The van der Waals surface area contributed by atoms with Gasteiger partial charge in [-0.15, -0.1) is 0 Å². The number of hydrogen-bond acceptors (Lipinski definition) is 5. The van der Waals surface area contributed by atoms with E-state index in [1.165, 1.54) is 0 Å². The summed E-state index contributed by atoms with van der Waals surface area (Å²) in [5.74, 6) is -1.25. The lowest BCUT2D eigenvalue weighted by molar-refractivity contribution is -0.137. The van der Waals surface area contributed by atoms with Crippen LogP contribution in [0.15, 0.2) is 24.3 Å². The minimum atomic E-state index is -0.805. The van der Waals surface area contributed by atoms with Gasteiger partial charge >= 0.3 is 5.97 Å². The Morgan fingerprint density at radius 1 is 1.27 bits per heavy atom. The molecule has 4 N–H and O–H groups in total. The van der Waals surface area contributed by atoms with Gasteiger partial charge in [-0.25, -0.2) is 0 Å². The number of hydrogen-bond donors (Lipinski definition) is 4. The summed E-state index contributed by atoms with van der Waals surface area (Å²) in [6.45, 7) is 1.81. The molecule has 0 saturated heterocycles. The number of carboxylic acid groups (broad SMARTS) is 1. The summed E-state index contributed by atoms with van der Waals surface area (Å²) in [7, 11) is 0. The number of nitriles is 1. The van der Waals surface area contributed by atoms with Crippen molar-refractivity contribution >= 4 is 5.97 Å². The van der Waals surface area contributed by atoms with Crippen LogP contribution in [-0.2, 0) is 4.79 Å². The molecule has 0 bridgehead atoms. The third-order valence-corrected chi connectivity index (χ3v) is 4.92. The minimum Gasteiger partial charge on any atom is -0.481 e. The molecule has 0 aliphatic heterocycles. The van der Waals surface area contributed by atoms with E-state index in [-0.39, 0.29) is 24.2 Å². The summed E-state index contributed by atoms with van der Waals surface area (Å²) in [5.41, 5.74) is 0. The van der Waals surface area contributed by atoms with Crippen molar-refractivity contribution < 1.29 is 25.2 Å². The van der Waals surface area contributed by atoms with Crippen molar-refractivity contribution in [3.63, 3.8) is 0 Å². The zero-order valence-corrected chi connectivity index (χ0v) is 15.4. The van der Waals surface area contributed by atoms with E-state index in [0.717, 1.165) is 0 Å². The molecule has 146 valence electrons. The van der Waals surface area contributed by atoms with Crippen molar-refractivity contribution in [2.24, 2.45) is 17.8 Å². The molecule has 6 heteroatoms. The first-order chi connectivity index (χ1) is 12.3. The number of unbranched alkanes of at least 4 members (excludes halogenated alkanes) is 1. The van der Waals surface area contributed by atoms with Crippen molar-refractivity contribution in [3.8, 4) is 6.07 Å². The van der Waals surface area contributed by atoms with Crippen LogP contribution in [0.5, 0.6) is 0 Å². The van der Waals surface area contributed by atoms with Gasteiger partial charge in [0.25, 0.3) is 0 Å². The van der Waals surface area contributed by atoms with Crippen LogP contribution in [0, 0.1) is 29.1 Å². The van der Waals surface area contributed by atoms with E-state index in [1.807, 2.05) is 19.1 Å². The van der Waals surface area contributed by atoms with Gasteiger partial charge in [-0.05, 0) is 44.9 Å². The summed E-state index contributed by atoms with van der Waals surface area (Å²) in [6.07, 6.45) is 8.79. The fourth-order valence-electron chi connectivity index (χ4n) is 3.29. The zero-order valence-electron chi connectivity index (χ0n) is 15.4. The summed E-state index contributed by atoms with van der Waals surface area (Å²) < 4.78 is 0. The smallest absolute Gasteiger partial charge is 0.303 e. The van der Waals surface area contributed by atoms with E-state index in [9.17, 15) is 20.1 Å².